The second-order valence-corrected chi connectivity index (χ2v) is 7.69. The lowest BCUT2D eigenvalue weighted by Gasteiger charge is -2.33. The molecule has 0 spiro atoms. The van der Waals surface area contributed by atoms with Gasteiger partial charge in [0.15, 0.2) is 0 Å². The number of esters is 1. The Hall–Kier alpha value is -2.74. The van der Waals surface area contributed by atoms with Gasteiger partial charge in [0.25, 0.3) is 0 Å². The first-order chi connectivity index (χ1) is 14.0. The van der Waals surface area contributed by atoms with Crippen molar-refractivity contribution in [1.82, 2.24) is 4.90 Å². The largest absolute Gasteiger partial charge is 0.497 e. The number of carbonyl (C=O) groups is 2. The van der Waals surface area contributed by atoms with Crippen molar-refractivity contribution in [3.05, 3.63) is 59.4 Å². The van der Waals surface area contributed by atoms with Gasteiger partial charge in [0.2, 0.25) is 0 Å². The molecule has 0 unspecified atom stereocenters. The van der Waals surface area contributed by atoms with Crippen molar-refractivity contribution in [3.63, 3.8) is 0 Å². The van der Waals surface area contributed by atoms with Crippen molar-refractivity contribution in [2.45, 2.75) is 6.54 Å². The van der Waals surface area contributed by atoms with Crippen molar-refractivity contribution in [2.75, 3.05) is 43.7 Å². The first-order valence-electron chi connectivity index (χ1n) is 9.18. The fourth-order valence-electron chi connectivity index (χ4n) is 3.05. The van der Waals surface area contributed by atoms with E-state index in [0.29, 0.717) is 30.1 Å². The molecule has 2 aromatic carbocycles. The molecule has 1 aliphatic heterocycles. The molecular weight excluding hydrogens is 395 g/mol. The molecule has 6 nitrogen and oxygen atoms in total. The molecule has 1 saturated heterocycles. The molecule has 0 N–H and O–H groups in total. The highest BCUT2D eigenvalue weighted by molar-refractivity contribution is 7.99. The Labute approximate surface area is 173 Å². The molecule has 1 heterocycles. The normalized spacial score (nSPS) is 13.7. The molecule has 3 rings (SSSR count). The van der Waals surface area contributed by atoms with E-state index < -0.39 is 11.8 Å². The van der Waals surface area contributed by atoms with Gasteiger partial charge in [0, 0.05) is 35.8 Å². The van der Waals surface area contributed by atoms with Crippen LogP contribution in [0.3, 0.4) is 0 Å². The number of hydrogen-bond donors (Lipinski definition) is 0. The highest BCUT2D eigenvalue weighted by atomic mass is 32.2. The van der Waals surface area contributed by atoms with E-state index in [4.69, 9.17) is 4.74 Å². The van der Waals surface area contributed by atoms with Gasteiger partial charge in [-0.3, -0.25) is 4.90 Å². The number of ether oxygens (including phenoxy) is 2. The number of thioether (sulfide) groups is 1. The third kappa shape index (κ3) is 5.00. The molecule has 8 heteroatoms. The van der Waals surface area contributed by atoms with Gasteiger partial charge in [0.1, 0.15) is 11.6 Å². The topological polar surface area (TPSA) is 59.1 Å². The standard InChI is InChI=1S/C21H23FN2O4S/c1-27-18-7-5-17(6-8-18)24(21(26)23-9-11-29-12-10-23)14-16-4-3-15(13-19(16)22)20(25)28-2/h3-8,13H,9-12,14H2,1-2H3. The minimum atomic E-state index is -0.607. The second-order valence-electron chi connectivity index (χ2n) is 6.46. The third-order valence-corrected chi connectivity index (χ3v) is 5.64. The highest BCUT2D eigenvalue weighted by Gasteiger charge is 2.25. The Kier molecular flexibility index (Phi) is 6.98. The van der Waals surface area contributed by atoms with Gasteiger partial charge in [-0.05, 0) is 36.4 Å². The summed E-state index contributed by atoms with van der Waals surface area (Å²) >= 11 is 1.81. The van der Waals surface area contributed by atoms with Crippen molar-refractivity contribution in [1.29, 1.82) is 0 Å². The van der Waals surface area contributed by atoms with Crippen molar-refractivity contribution in [3.8, 4) is 5.75 Å². The van der Waals surface area contributed by atoms with Crippen LogP contribution in [0, 0.1) is 5.82 Å². The lowest BCUT2D eigenvalue weighted by Crippen LogP contribution is -2.46. The molecule has 154 valence electrons. The number of methoxy groups -OCH3 is 2. The minimum absolute atomic E-state index is 0.0437. The van der Waals surface area contributed by atoms with Gasteiger partial charge < -0.3 is 14.4 Å². The number of rotatable bonds is 5. The van der Waals surface area contributed by atoms with Crippen LogP contribution in [-0.2, 0) is 11.3 Å². The molecule has 0 atom stereocenters. The van der Waals surface area contributed by atoms with Crippen LogP contribution >= 0.6 is 11.8 Å². The van der Waals surface area contributed by atoms with Crippen LogP contribution in [-0.4, -0.2) is 55.7 Å². The Bertz CT molecular complexity index is 869. The highest BCUT2D eigenvalue weighted by Crippen LogP contribution is 2.25. The number of carbonyl (C=O) groups excluding carboxylic acids is 2. The second kappa shape index (κ2) is 9.65. The average Bonchev–Trinajstić information content (AvgIpc) is 2.78. The van der Waals surface area contributed by atoms with E-state index in [9.17, 15) is 14.0 Å². The maximum Gasteiger partial charge on any atom is 0.337 e. The molecular formula is C21H23FN2O4S. The van der Waals surface area contributed by atoms with Gasteiger partial charge in [-0.25, -0.2) is 14.0 Å². The lowest BCUT2D eigenvalue weighted by atomic mass is 10.1. The number of amides is 2. The van der Waals surface area contributed by atoms with E-state index in [1.807, 2.05) is 11.8 Å². The summed E-state index contributed by atoms with van der Waals surface area (Å²) < 4.78 is 24.5. The van der Waals surface area contributed by atoms with Gasteiger partial charge >= 0.3 is 12.0 Å². The summed E-state index contributed by atoms with van der Waals surface area (Å²) in [6.45, 7) is 1.35. The molecule has 1 aliphatic rings. The van der Waals surface area contributed by atoms with Crippen molar-refractivity contribution >= 4 is 29.4 Å². The number of halogens is 1. The summed E-state index contributed by atoms with van der Waals surface area (Å²) in [5.41, 5.74) is 1.09. The van der Waals surface area contributed by atoms with Crippen LogP contribution in [0.4, 0.5) is 14.9 Å². The fraction of sp³-hybridized carbons (Fsp3) is 0.333. The van der Waals surface area contributed by atoms with Crippen LogP contribution < -0.4 is 9.64 Å². The van der Waals surface area contributed by atoms with Crippen LogP contribution in [0.5, 0.6) is 5.75 Å². The molecule has 2 aromatic rings. The first kappa shape index (κ1) is 21.0. The van der Waals surface area contributed by atoms with Gasteiger partial charge in [-0.2, -0.15) is 11.8 Å². The first-order valence-corrected chi connectivity index (χ1v) is 10.3. The lowest BCUT2D eigenvalue weighted by molar-refractivity contribution is 0.0600. The van der Waals surface area contributed by atoms with Crippen molar-refractivity contribution in [2.24, 2.45) is 0 Å². The summed E-state index contributed by atoms with van der Waals surface area (Å²) in [7, 11) is 2.82. The number of nitrogens with zero attached hydrogens (tertiary/aromatic N) is 2. The zero-order valence-electron chi connectivity index (χ0n) is 16.4. The molecule has 0 radical (unpaired) electrons. The maximum atomic E-state index is 14.7. The summed E-state index contributed by atoms with van der Waals surface area (Å²) in [6, 6.07) is 11.0. The van der Waals surface area contributed by atoms with Crippen LogP contribution in [0.1, 0.15) is 15.9 Å². The summed E-state index contributed by atoms with van der Waals surface area (Å²) in [5, 5.41) is 0. The molecule has 0 saturated carbocycles. The zero-order valence-corrected chi connectivity index (χ0v) is 17.2. The van der Waals surface area contributed by atoms with E-state index in [1.54, 1.807) is 41.2 Å². The SMILES string of the molecule is COC(=O)c1ccc(CN(C(=O)N2CCSCC2)c2ccc(OC)cc2)c(F)c1. The number of urea groups is 1. The Morgan fingerprint density at radius 1 is 1.10 bits per heavy atom. The Morgan fingerprint density at radius 2 is 1.79 bits per heavy atom. The number of hydrogen-bond acceptors (Lipinski definition) is 5. The van der Waals surface area contributed by atoms with Crippen LogP contribution in [0.25, 0.3) is 0 Å². The Balaban J connectivity index is 1.90. The number of anilines is 1. The molecule has 1 fully saturated rings. The van der Waals surface area contributed by atoms with Gasteiger partial charge in [-0.15, -0.1) is 0 Å². The summed E-state index contributed by atoms with van der Waals surface area (Å²) in [4.78, 5) is 28.2. The fourth-order valence-corrected chi connectivity index (χ4v) is 3.95. The molecule has 0 bridgehead atoms. The molecule has 0 aromatic heterocycles. The van der Waals surface area contributed by atoms with E-state index >= 15 is 0 Å². The summed E-state index contributed by atoms with van der Waals surface area (Å²) in [5.74, 6) is 1.26. The van der Waals surface area contributed by atoms with Gasteiger partial charge in [-0.1, -0.05) is 6.07 Å². The third-order valence-electron chi connectivity index (χ3n) is 4.70. The minimum Gasteiger partial charge on any atom is -0.497 e. The maximum absolute atomic E-state index is 14.7. The van der Waals surface area contributed by atoms with E-state index in [0.717, 1.165) is 17.6 Å². The number of benzene rings is 2. The zero-order chi connectivity index (χ0) is 20.8. The smallest absolute Gasteiger partial charge is 0.337 e. The predicted molar refractivity (Wildman–Crippen MR) is 111 cm³/mol. The molecule has 29 heavy (non-hydrogen) atoms. The quantitative estimate of drug-likeness (QED) is 0.692. The van der Waals surface area contributed by atoms with Gasteiger partial charge in [0.05, 0.1) is 26.3 Å². The molecule has 2 amide bonds. The van der Waals surface area contributed by atoms with E-state index in [2.05, 4.69) is 4.74 Å². The predicted octanol–water partition coefficient (Wildman–Crippen LogP) is 3.80. The monoisotopic (exact) mass is 418 g/mol. The van der Waals surface area contributed by atoms with Crippen molar-refractivity contribution < 1.29 is 23.5 Å². The Morgan fingerprint density at radius 3 is 2.38 bits per heavy atom. The van der Waals surface area contributed by atoms with E-state index in [1.165, 1.54) is 19.2 Å². The summed E-state index contributed by atoms with van der Waals surface area (Å²) in [6.07, 6.45) is 0. The van der Waals surface area contributed by atoms with Crippen LogP contribution in [0.15, 0.2) is 42.5 Å². The van der Waals surface area contributed by atoms with E-state index in [-0.39, 0.29) is 18.1 Å². The molecule has 0 aliphatic carbocycles. The average molecular weight is 418 g/mol. The van der Waals surface area contributed by atoms with Crippen LogP contribution in [0.2, 0.25) is 0 Å².